The van der Waals surface area contributed by atoms with Crippen molar-refractivity contribution in [2.24, 2.45) is 0 Å². The van der Waals surface area contributed by atoms with E-state index in [0.29, 0.717) is 39.1 Å². The third kappa shape index (κ3) is 4.08. The largest absolute Gasteiger partial charge is 0.447 e. The molecule has 3 heterocycles. The number of carbonyl (C=O) groups excluding carboxylic acids is 1. The normalized spacial score (nSPS) is 22.6. The first-order valence-corrected chi connectivity index (χ1v) is 8.57. The van der Waals surface area contributed by atoms with E-state index in [0.717, 1.165) is 11.3 Å². The van der Waals surface area contributed by atoms with Crippen LogP contribution in [0.2, 0.25) is 0 Å². The third-order valence-electron chi connectivity index (χ3n) is 4.19. The van der Waals surface area contributed by atoms with E-state index in [4.69, 9.17) is 14.2 Å². The molecule has 2 fully saturated rings. The Morgan fingerprint density at radius 3 is 2.54 bits per heavy atom. The quantitative estimate of drug-likeness (QED) is 0.768. The van der Waals surface area contributed by atoms with Crippen LogP contribution in [-0.2, 0) is 14.2 Å². The second-order valence-corrected chi connectivity index (χ2v) is 6.77. The van der Waals surface area contributed by atoms with Gasteiger partial charge in [-0.1, -0.05) is 6.07 Å². The van der Waals surface area contributed by atoms with Crippen molar-refractivity contribution >= 4 is 17.3 Å². The summed E-state index contributed by atoms with van der Waals surface area (Å²) in [7, 11) is 0. The fraction of sp³-hybridized carbons (Fsp3) is 0.667. The zero-order valence-electron chi connectivity index (χ0n) is 12.9. The van der Waals surface area contributed by atoms with Crippen LogP contribution in [0.3, 0.4) is 0 Å². The van der Waals surface area contributed by atoms with Crippen LogP contribution in [0, 0.1) is 0 Å². The maximum atomic E-state index is 13.2. The van der Waals surface area contributed by atoms with Gasteiger partial charge in [-0.05, 0) is 11.4 Å². The van der Waals surface area contributed by atoms with Gasteiger partial charge in [-0.15, -0.1) is 11.3 Å². The van der Waals surface area contributed by atoms with E-state index in [1.165, 1.54) is 6.07 Å². The van der Waals surface area contributed by atoms with Gasteiger partial charge < -0.3 is 14.2 Å². The zero-order valence-corrected chi connectivity index (χ0v) is 13.7. The summed E-state index contributed by atoms with van der Waals surface area (Å²) < 4.78 is 55.5. The smallest absolute Gasteiger partial charge is 0.426 e. The third-order valence-corrected chi connectivity index (χ3v) is 5.04. The van der Waals surface area contributed by atoms with Gasteiger partial charge in [-0.2, -0.15) is 13.2 Å². The monoisotopic (exact) mass is 365 g/mol. The topological polar surface area (TPSA) is 48.0 Å². The van der Waals surface area contributed by atoms with Gasteiger partial charge in [0.1, 0.15) is 4.88 Å². The number of rotatable bonds is 4. The molecule has 2 aliphatic rings. The summed E-state index contributed by atoms with van der Waals surface area (Å²) in [5, 5.41) is 1.62. The zero-order chi connectivity index (χ0) is 17.2. The number of ether oxygens (including phenoxy) is 3. The molecule has 0 unspecified atom stereocenters. The van der Waals surface area contributed by atoms with Gasteiger partial charge in [0.2, 0.25) is 6.10 Å². The Labute approximate surface area is 141 Å². The predicted octanol–water partition coefficient (Wildman–Crippen LogP) is 2.67. The number of alkyl halides is 3. The highest BCUT2D eigenvalue weighted by molar-refractivity contribution is 7.11. The molecule has 1 atom stereocenters. The number of hydrogen-bond donors (Lipinski definition) is 0. The van der Waals surface area contributed by atoms with Crippen molar-refractivity contribution in [2.45, 2.75) is 30.9 Å². The number of hydrogen-bond acceptors (Lipinski definition) is 6. The molecule has 2 saturated heterocycles. The van der Waals surface area contributed by atoms with Crippen LogP contribution in [0.25, 0.3) is 0 Å². The molecule has 1 aromatic rings. The van der Waals surface area contributed by atoms with Crippen molar-refractivity contribution in [3.8, 4) is 0 Å². The van der Waals surface area contributed by atoms with Crippen LogP contribution < -0.4 is 0 Å². The van der Waals surface area contributed by atoms with E-state index in [9.17, 15) is 18.0 Å². The van der Waals surface area contributed by atoms with Gasteiger partial charge in [0.15, 0.2) is 5.79 Å². The average Bonchev–Trinajstić information content (AvgIpc) is 3.20. The lowest BCUT2D eigenvalue weighted by Crippen LogP contribution is -2.50. The molecule has 1 aromatic heterocycles. The number of esters is 1. The van der Waals surface area contributed by atoms with Gasteiger partial charge in [0, 0.05) is 32.5 Å². The van der Waals surface area contributed by atoms with E-state index in [1.807, 2.05) is 0 Å². The van der Waals surface area contributed by atoms with Crippen molar-refractivity contribution in [3.63, 3.8) is 0 Å². The molecule has 0 saturated carbocycles. The van der Waals surface area contributed by atoms with Gasteiger partial charge in [-0.25, -0.2) is 4.79 Å². The summed E-state index contributed by atoms with van der Waals surface area (Å²) >= 11 is 1.05. The SMILES string of the molecule is O=C(O[C@H](CN1CCC2(CC1)OCCO2)C(F)(F)F)c1cccs1. The van der Waals surface area contributed by atoms with Gasteiger partial charge in [-0.3, -0.25) is 4.90 Å². The molecule has 3 rings (SSSR count). The Morgan fingerprint density at radius 1 is 1.33 bits per heavy atom. The highest BCUT2D eigenvalue weighted by Gasteiger charge is 2.46. The molecule has 0 radical (unpaired) electrons. The molecule has 0 N–H and O–H groups in total. The fourth-order valence-corrected chi connectivity index (χ4v) is 3.49. The summed E-state index contributed by atoms with van der Waals surface area (Å²) in [6.07, 6.45) is -5.73. The Bertz CT molecular complexity index is 548. The molecule has 9 heteroatoms. The number of halogens is 3. The number of thiophene rings is 1. The number of carbonyl (C=O) groups is 1. The first-order valence-electron chi connectivity index (χ1n) is 7.69. The average molecular weight is 365 g/mol. The summed E-state index contributed by atoms with van der Waals surface area (Å²) in [4.78, 5) is 13.6. The molecular formula is C15H18F3NO4S. The number of nitrogens with zero attached hydrogens (tertiary/aromatic N) is 1. The number of likely N-dealkylation sites (tertiary alicyclic amines) is 1. The van der Waals surface area contributed by atoms with Crippen molar-refractivity contribution in [1.82, 2.24) is 4.90 Å². The number of piperidine rings is 1. The van der Waals surface area contributed by atoms with Crippen LogP contribution in [0.4, 0.5) is 13.2 Å². The summed E-state index contributed by atoms with van der Waals surface area (Å²) in [6, 6.07) is 3.04. The Hall–Kier alpha value is -1.16. The molecule has 0 bridgehead atoms. The second kappa shape index (κ2) is 6.99. The summed E-state index contributed by atoms with van der Waals surface area (Å²) in [5.41, 5.74) is 0. The van der Waals surface area contributed by atoms with E-state index >= 15 is 0 Å². The lowest BCUT2D eigenvalue weighted by Gasteiger charge is -2.38. The predicted molar refractivity (Wildman–Crippen MR) is 79.9 cm³/mol. The van der Waals surface area contributed by atoms with E-state index in [-0.39, 0.29) is 11.4 Å². The van der Waals surface area contributed by atoms with Crippen molar-refractivity contribution in [3.05, 3.63) is 22.4 Å². The lowest BCUT2D eigenvalue weighted by molar-refractivity contribution is -0.217. The van der Waals surface area contributed by atoms with Gasteiger partial charge in [0.05, 0.1) is 13.2 Å². The van der Waals surface area contributed by atoms with Crippen LogP contribution in [0.15, 0.2) is 17.5 Å². The Balaban J connectivity index is 1.58. The maximum Gasteiger partial charge on any atom is 0.426 e. The minimum absolute atomic E-state index is 0.162. The Morgan fingerprint density at radius 2 is 2.00 bits per heavy atom. The molecule has 5 nitrogen and oxygen atoms in total. The molecule has 2 aliphatic heterocycles. The minimum Gasteiger partial charge on any atom is -0.447 e. The molecule has 0 aromatic carbocycles. The first kappa shape index (κ1) is 17.7. The minimum atomic E-state index is -4.61. The summed E-state index contributed by atoms with van der Waals surface area (Å²) in [6.45, 7) is 1.47. The van der Waals surface area contributed by atoms with Crippen molar-refractivity contribution in [1.29, 1.82) is 0 Å². The molecule has 1 spiro atoms. The maximum absolute atomic E-state index is 13.2. The van der Waals surface area contributed by atoms with Crippen LogP contribution >= 0.6 is 11.3 Å². The van der Waals surface area contributed by atoms with E-state index < -0.39 is 24.0 Å². The standard InChI is InChI=1S/C15H18F3NO4S/c16-15(17,18)12(23-13(20)11-2-1-9-24-11)10-19-5-3-14(4-6-19)21-7-8-22-14/h1-2,9,12H,3-8,10H2/t12-/m1/s1. The van der Waals surface area contributed by atoms with Crippen LogP contribution in [0.5, 0.6) is 0 Å². The molecule has 0 aliphatic carbocycles. The van der Waals surface area contributed by atoms with Gasteiger partial charge >= 0.3 is 12.1 Å². The van der Waals surface area contributed by atoms with Gasteiger partial charge in [0.25, 0.3) is 0 Å². The highest BCUT2D eigenvalue weighted by Crippen LogP contribution is 2.32. The highest BCUT2D eigenvalue weighted by atomic mass is 32.1. The van der Waals surface area contributed by atoms with E-state index in [2.05, 4.69) is 0 Å². The lowest BCUT2D eigenvalue weighted by atomic mass is 10.0. The van der Waals surface area contributed by atoms with E-state index in [1.54, 1.807) is 16.3 Å². The van der Waals surface area contributed by atoms with Crippen molar-refractivity contribution in [2.75, 3.05) is 32.8 Å². The molecule has 0 amide bonds. The molecule has 24 heavy (non-hydrogen) atoms. The molecular weight excluding hydrogens is 347 g/mol. The van der Waals surface area contributed by atoms with Crippen LogP contribution in [-0.4, -0.2) is 61.8 Å². The first-order chi connectivity index (χ1) is 11.4. The summed E-state index contributed by atoms with van der Waals surface area (Å²) in [5.74, 6) is -1.58. The van der Waals surface area contributed by atoms with Crippen LogP contribution in [0.1, 0.15) is 22.5 Å². The fourth-order valence-electron chi connectivity index (χ4n) is 2.89. The Kier molecular flexibility index (Phi) is 5.14. The second-order valence-electron chi connectivity index (χ2n) is 5.82. The molecule has 134 valence electrons. The van der Waals surface area contributed by atoms with Crippen molar-refractivity contribution < 1.29 is 32.2 Å².